The van der Waals surface area contributed by atoms with Crippen LogP contribution in [0.1, 0.15) is 45.6 Å². The van der Waals surface area contributed by atoms with Gasteiger partial charge in [-0.05, 0) is 68.7 Å². The Morgan fingerprint density at radius 2 is 1.64 bits per heavy atom. The monoisotopic (exact) mass is 452 g/mol. The maximum atomic E-state index is 14.3. The van der Waals surface area contributed by atoms with Gasteiger partial charge < -0.3 is 20.1 Å². The van der Waals surface area contributed by atoms with E-state index in [9.17, 15) is 9.18 Å². The van der Waals surface area contributed by atoms with Crippen molar-refractivity contribution in [1.82, 2.24) is 9.97 Å². The molecule has 2 aromatic carbocycles. The molecular formula is C25H29FN4O3. The average Bonchev–Trinajstić information content (AvgIpc) is 2.77. The Morgan fingerprint density at radius 1 is 1.00 bits per heavy atom. The molecule has 174 valence electrons. The fraction of sp³-hybridized carbons (Fsp3) is 0.320. The summed E-state index contributed by atoms with van der Waals surface area (Å²) < 4.78 is 24.9. The summed E-state index contributed by atoms with van der Waals surface area (Å²) >= 11 is 0. The smallest absolute Gasteiger partial charge is 0.306 e. The van der Waals surface area contributed by atoms with E-state index >= 15 is 0 Å². The zero-order valence-corrected chi connectivity index (χ0v) is 19.3. The summed E-state index contributed by atoms with van der Waals surface area (Å²) in [6.07, 6.45) is 1.51. The lowest BCUT2D eigenvalue weighted by molar-refractivity contribution is -0.143. The molecule has 0 spiro atoms. The molecular weight excluding hydrogens is 423 g/mol. The molecule has 0 aliphatic carbocycles. The minimum Gasteiger partial charge on any atom is -0.491 e. The van der Waals surface area contributed by atoms with Crippen LogP contribution in [0.2, 0.25) is 0 Å². The van der Waals surface area contributed by atoms with Crippen LogP contribution in [-0.2, 0) is 9.53 Å². The first-order valence-corrected chi connectivity index (χ1v) is 10.9. The van der Waals surface area contributed by atoms with Crippen LogP contribution in [0.5, 0.6) is 5.75 Å². The minimum atomic E-state index is -0.564. The number of hydrogen-bond donors (Lipinski definition) is 2. The number of anilines is 4. The molecule has 1 atom stereocenters. The number of aromatic nitrogens is 2. The van der Waals surface area contributed by atoms with Gasteiger partial charge in [-0.2, -0.15) is 4.98 Å². The van der Waals surface area contributed by atoms with Crippen LogP contribution in [0.4, 0.5) is 27.5 Å². The molecule has 8 heteroatoms. The minimum absolute atomic E-state index is 0.0355. The molecule has 7 nitrogen and oxygen atoms in total. The third kappa shape index (κ3) is 7.17. The molecule has 3 rings (SSSR count). The van der Waals surface area contributed by atoms with E-state index in [1.165, 1.54) is 0 Å². The van der Waals surface area contributed by atoms with Gasteiger partial charge in [0.1, 0.15) is 5.75 Å². The average molecular weight is 453 g/mol. The highest BCUT2D eigenvalue weighted by Crippen LogP contribution is 2.25. The first kappa shape index (κ1) is 24.0. The van der Waals surface area contributed by atoms with Gasteiger partial charge in [-0.15, -0.1) is 0 Å². The van der Waals surface area contributed by atoms with Crippen molar-refractivity contribution in [2.45, 2.75) is 46.1 Å². The Kier molecular flexibility index (Phi) is 8.18. The molecule has 2 N–H and O–H groups in total. The van der Waals surface area contributed by atoms with Crippen LogP contribution in [0, 0.1) is 5.82 Å². The van der Waals surface area contributed by atoms with Gasteiger partial charge in [-0.3, -0.25) is 4.79 Å². The molecule has 0 amide bonds. The number of hydrogen-bond acceptors (Lipinski definition) is 7. The quantitative estimate of drug-likeness (QED) is 0.368. The second kappa shape index (κ2) is 11.3. The number of esters is 1. The fourth-order valence-corrected chi connectivity index (χ4v) is 3.15. The van der Waals surface area contributed by atoms with Gasteiger partial charge in [-0.1, -0.05) is 19.1 Å². The third-order valence-corrected chi connectivity index (χ3v) is 4.75. The van der Waals surface area contributed by atoms with Crippen LogP contribution in [0.3, 0.4) is 0 Å². The maximum absolute atomic E-state index is 14.3. The third-order valence-electron chi connectivity index (χ3n) is 4.75. The molecule has 0 aliphatic heterocycles. The number of carbonyl (C=O) groups is 1. The van der Waals surface area contributed by atoms with Gasteiger partial charge in [-0.25, -0.2) is 9.37 Å². The lowest BCUT2D eigenvalue weighted by atomic mass is 9.98. The molecule has 0 saturated carbocycles. The molecule has 0 radical (unpaired) electrons. The first-order valence-electron chi connectivity index (χ1n) is 10.9. The molecule has 0 fully saturated rings. The normalized spacial score (nSPS) is 11.7. The summed E-state index contributed by atoms with van der Waals surface area (Å²) in [6.45, 7) is 8.05. The summed E-state index contributed by atoms with van der Waals surface area (Å²) in [6, 6.07) is 14.8. The molecule has 1 unspecified atom stereocenters. The Hall–Kier alpha value is -3.68. The van der Waals surface area contributed by atoms with E-state index in [4.69, 9.17) is 9.47 Å². The Labute approximate surface area is 193 Å². The summed E-state index contributed by atoms with van der Waals surface area (Å²) in [5.41, 5.74) is 2.44. The summed E-state index contributed by atoms with van der Waals surface area (Å²) in [5, 5.41) is 6.04. The lowest BCUT2D eigenvalue weighted by Gasteiger charge is -2.13. The number of ether oxygens (including phenoxy) is 2. The lowest BCUT2D eigenvalue weighted by Crippen LogP contribution is -2.08. The topological polar surface area (TPSA) is 85.4 Å². The van der Waals surface area contributed by atoms with Crippen molar-refractivity contribution in [3.05, 3.63) is 66.1 Å². The van der Waals surface area contributed by atoms with E-state index in [1.54, 1.807) is 19.1 Å². The number of nitrogens with one attached hydrogen (secondary N) is 2. The van der Waals surface area contributed by atoms with Crippen LogP contribution in [-0.4, -0.2) is 28.6 Å². The van der Waals surface area contributed by atoms with Crippen molar-refractivity contribution in [1.29, 1.82) is 0 Å². The molecule has 0 saturated heterocycles. The van der Waals surface area contributed by atoms with Gasteiger partial charge >= 0.3 is 5.97 Å². The number of carbonyl (C=O) groups excluding carboxylic acids is 1. The van der Waals surface area contributed by atoms with Crippen LogP contribution in [0.15, 0.2) is 54.7 Å². The number of nitrogens with zero attached hydrogens (tertiary/aromatic N) is 2. The van der Waals surface area contributed by atoms with Crippen molar-refractivity contribution < 1.29 is 18.7 Å². The van der Waals surface area contributed by atoms with Crippen molar-refractivity contribution in [2.24, 2.45) is 0 Å². The number of benzene rings is 2. The van der Waals surface area contributed by atoms with Crippen LogP contribution in [0.25, 0.3) is 0 Å². The highest BCUT2D eigenvalue weighted by Gasteiger charge is 2.13. The van der Waals surface area contributed by atoms with Crippen molar-refractivity contribution >= 4 is 29.1 Å². The van der Waals surface area contributed by atoms with Gasteiger partial charge in [0.15, 0.2) is 11.6 Å². The van der Waals surface area contributed by atoms with Crippen LogP contribution >= 0.6 is 0 Å². The summed E-state index contributed by atoms with van der Waals surface area (Å²) in [4.78, 5) is 20.0. The molecule has 1 aromatic heterocycles. The molecule has 3 aromatic rings. The maximum Gasteiger partial charge on any atom is 0.306 e. The Bertz CT molecular complexity index is 1060. The van der Waals surface area contributed by atoms with Gasteiger partial charge in [0, 0.05) is 11.4 Å². The summed E-state index contributed by atoms with van der Waals surface area (Å²) in [7, 11) is 0. The Morgan fingerprint density at radius 3 is 2.27 bits per heavy atom. The Balaban J connectivity index is 1.65. The molecule has 33 heavy (non-hydrogen) atoms. The molecule has 1 heterocycles. The second-order valence-electron chi connectivity index (χ2n) is 7.86. The zero-order chi connectivity index (χ0) is 23.8. The standard InChI is InChI=1S/C25H29FN4O3/c1-5-32-23(31)14-17(4)18-6-8-20(9-7-18)29-25-27-15-22(26)24(30-25)28-19-10-12-21(13-11-19)33-16(2)3/h6-13,15-17H,5,14H2,1-4H3,(H2,27,28,29,30). The predicted octanol–water partition coefficient (Wildman–Crippen LogP) is 5.95. The van der Waals surface area contributed by atoms with Gasteiger partial charge in [0.25, 0.3) is 0 Å². The van der Waals surface area contributed by atoms with E-state index < -0.39 is 5.82 Å². The largest absolute Gasteiger partial charge is 0.491 e. The van der Waals surface area contributed by atoms with E-state index in [2.05, 4.69) is 20.6 Å². The second-order valence-corrected chi connectivity index (χ2v) is 7.86. The molecule has 0 bridgehead atoms. The van der Waals surface area contributed by atoms with Crippen molar-refractivity contribution in [3.63, 3.8) is 0 Å². The van der Waals surface area contributed by atoms with E-state index in [-0.39, 0.29) is 29.8 Å². The number of rotatable bonds is 10. The first-order chi connectivity index (χ1) is 15.8. The van der Waals surface area contributed by atoms with Crippen LogP contribution < -0.4 is 15.4 Å². The molecule has 0 aliphatic rings. The van der Waals surface area contributed by atoms with Crippen molar-refractivity contribution in [2.75, 3.05) is 17.2 Å². The van der Waals surface area contributed by atoms with Gasteiger partial charge in [0.05, 0.1) is 25.3 Å². The van der Waals surface area contributed by atoms with Crippen molar-refractivity contribution in [3.8, 4) is 5.75 Å². The van der Waals surface area contributed by atoms with E-state index in [0.29, 0.717) is 18.7 Å². The van der Waals surface area contributed by atoms with E-state index in [1.807, 2.05) is 57.2 Å². The van der Waals surface area contributed by atoms with Gasteiger partial charge in [0.2, 0.25) is 5.95 Å². The number of halogens is 1. The zero-order valence-electron chi connectivity index (χ0n) is 19.3. The van der Waals surface area contributed by atoms with E-state index in [0.717, 1.165) is 23.2 Å². The summed E-state index contributed by atoms with van der Waals surface area (Å²) in [5.74, 6) is 0.310. The fourth-order valence-electron chi connectivity index (χ4n) is 3.15. The SMILES string of the molecule is CCOC(=O)CC(C)c1ccc(Nc2ncc(F)c(Nc3ccc(OC(C)C)cc3)n2)cc1. The highest BCUT2D eigenvalue weighted by atomic mass is 19.1. The highest BCUT2D eigenvalue weighted by molar-refractivity contribution is 5.70. The predicted molar refractivity (Wildman–Crippen MR) is 127 cm³/mol.